The lowest BCUT2D eigenvalue weighted by Gasteiger charge is -2.24. The van der Waals surface area contributed by atoms with Crippen LogP contribution in [0.2, 0.25) is 0 Å². The molecule has 0 aromatic heterocycles. The maximum Gasteiger partial charge on any atom is 0.407 e. The standard InChI is InChI=1S/C22H30N2O3/c1-2-3-14-23-16-21(25)20(15-18-10-6-4-7-11-18)24-22(26)27-17-19-12-8-5-9-13-19/h4-13,20-21,23,25H,2-3,14-17H2,1H3,(H,24,26). The number of hydrogen-bond donors (Lipinski definition) is 3. The van der Waals surface area contributed by atoms with Crippen LogP contribution in [-0.2, 0) is 17.8 Å². The van der Waals surface area contributed by atoms with Gasteiger partial charge in [-0.3, -0.25) is 0 Å². The van der Waals surface area contributed by atoms with E-state index in [1.54, 1.807) is 0 Å². The summed E-state index contributed by atoms with van der Waals surface area (Å²) in [5, 5.41) is 16.6. The second-order valence-corrected chi connectivity index (χ2v) is 6.63. The van der Waals surface area contributed by atoms with E-state index in [1.807, 2.05) is 60.7 Å². The first-order valence-corrected chi connectivity index (χ1v) is 9.59. The first-order valence-electron chi connectivity index (χ1n) is 9.59. The van der Waals surface area contributed by atoms with Crippen LogP contribution in [-0.4, -0.2) is 36.4 Å². The van der Waals surface area contributed by atoms with E-state index in [0.29, 0.717) is 13.0 Å². The topological polar surface area (TPSA) is 70.6 Å². The Morgan fingerprint density at radius 3 is 2.30 bits per heavy atom. The normalized spacial score (nSPS) is 13.0. The summed E-state index contributed by atoms with van der Waals surface area (Å²) >= 11 is 0. The highest BCUT2D eigenvalue weighted by Gasteiger charge is 2.22. The van der Waals surface area contributed by atoms with Crippen LogP contribution in [0.4, 0.5) is 4.79 Å². The number of ether oxygens (including phenoxy) is 1. The third-order valence-corrected chi connectivity index (χ3v) is 4.34. The van der Waals surface area contributed by atoms with E-state index in [9.17, 15) is 9.90 Å². The van der Waals surface area contributed by atoms with Crippen molar-refractivity contribution in [1.82, 2.24) is 10.6 Å². The lowest BCUT2D eigenvalue weighted by molar-refractivity contribution is 0.101. The van der Waals surface area contributed by atoms with E-state index in [4.69, 9.17) is 4.74 Å². The predicted molar refractivity (Wildman–Crippen MR) is 107 cm³/mol. The Kier molecular flexibility index (Phi) is 9.38. The molecule has 0 aliphatic rings. The highest BCUT2D eigenvalue weighted by atomic mass is 16.5. The van der Waals surface area contributed by atoms with Gasteiger partial charge < -0.3 is 20.5 Å². The third kappa shape index (κ3) is 8.24. The lowest BCUT2D eigenvalue weighted by Crippen LogP contribution is -2.49. The van der Waals surface area contributed by atoms with Crippen LogP contribution in [0.5, 0.6) is 0 Å². The quantitative estimate of drug-likeness (QED) is 0.531. The summed E-state index contributed by atoms with van der Waals surface area (Å²) in [5.41, 5.74) is 1.98. The van der Waals surface area contributed by atoms with E-state index >= 15 is 0 Å². The Balaban J connectivity index is 1.90. The number of benzene rings is 2. The highest BCUT2D eigenvalue weighted by Crippen LogP contribution is 2.08. The molecule has 146 valence electrons. The molecule has 27 heavy (non-hydrogen) atoms. The Morgan fingerprint density at radius 1 is 1.04 bits per heavy atom. The molecule has 0 aliphatic heterocycles. The van der Waals surface area contributed by atoms with E-state index in [1.165, 1.54) is 0 Å². The summed E-state index contributed by atoms with van der Waals surface area (Å²) in [6.07, 6.45) is 1.47. The fraction of sp³-hybridized carbons (Fsp3) is 0.409. The summed E-state index contributed by atoms with van der Waals surface area (Å²) in [6.45, 7) is 3.61. The smallest absolute Gasteiger partial charge is 0.407 e. The highest BCUT2D eigenvalue weighted by molar-refractivity contribution is 5.67. The monoisotopic (exact) mass is 370 g/mol. The van der Waals surface area contributed by atoms with Gasteiger partial charge in [-0.15, -0.1) is 0 Å². The minimum Gasteiger partial charge on any atom is -0.445 e. The zero-order chi connectivity index (χ0) is 19.3. The van der Waals surface area contributed by atoms with Gasteiger partial charge in [-0.25, -0.2) is 4.79 Å². The van der Waals surface area contributed by atoms with Crippen molar-refractivity contribution >= 4 is 6.09 Å². The molecule has 2 aromatic rings. The maximum atomic E-state index is 12.2. The number of rotatable bonds is 11. The molecular formula is C22H30N2O3. The van der Waals surface area contributed by atoms with Crippen molar-refractivity contribution < 1.29 is 14.6 Å². The van der Waals surface area contributed by atoms with Crippen LogP contribution in [0.3, 0.4) is 0 Å². The zero-order valence-corrected chi connectivity index (χ0v) is 15.9. The maximum absolute atomic E-state index is 12.2. The number of carbonyl (C=O) groups is 1. The molecule has 0 radical (unpaired) electrons. The molecule has 3 N–H and O–H groups in total. The van der Waals surface area contributed by atoms with Gasteiger partial charge in [-0.2, -0.15) is 0 Å². The molecule has 0 heterocycles. The second-order valence-electron chi connectivity index (χ2n) is 6.63. The lowest BCUT2D eigenvalue weighted by atomic mass is 10.0. The molecule has 0 aliphatic carbocycles. The van der Waals surface area contributed by atoms with Crippen molar-refractivity contribution in [1.29, 1.82) is 0 Å². The number of aliphatic hydroxyl groups excluding tert-OH is 1. The van der Waals surface area contributed by atoms with Crippen molar-refractivity contribution in [2.24, 2.45) is 0 Å². The number of unbranched alkanes of at least 4 members (excludes halogenated alkanes) is 1. The number of hydrogen-bond acceptors (Lipinski definition) is 4. The van der Waals surface area contributed by atoms with Crippen LogP contribution in [0.25, 0.3) is 0 Å². The number of amides is 1. The number of aliphatic hydroxyl groups is 1. The number of alkyl carbamates (subject to hydrolysis) is 1. The minimum atomic E-state index is -0.702. The van der Waals surface area contributed by atoms with Gasteiger partial charge >= 0.3 is 6.09 Å². The van der Waals surface area contributed by atoms with Gasteiger partial charge in [0.05, 0.1) is 12.1 Å². The molecule has 5 nitrogen and oxygen atoms in total. The average Bonchev–Trinajstić information content (AvgIpc) is 2.70. The first kappa shape index (κ1) is 20.9. The molecule has 0 saturated carbocycles. The van der Waals surface area contributed by atoms with E-state index in [0.717, 1.165) is 30.5 Å². The second kappa shape index (κ2) is 12.1. The SMILES string of the molecule is CCCCNCC(O)C(Cc1ccccc1)NC(=O)OCc1ccccc1. The molecule has 1 amide bonds. The van der Waals surface area contributed by atoms with Gasteiger partial charge in [0.15, 0.2) is 0 Å². The van der Waals surface area contributed by atoms with E-state index < -0.39 is 18.2 Å². The van der Waals surface area contributed by atoms with Crippen LogP contribution in [0.1, 0.15) is 30.9 Å². The molecule has 0 spiro atoms. The van der Waals surface area contributed by atoms with Crippen molar-refractivity contribution in [3.8, 4) is 0 Å². The summed E-state index contributed by atoms with van der Waals surface area (Å²) in [4.78, 5) is 12.2. The predicted octanol–water partition coefficient (Wildman–Crippen LogP) is 3.27. The van der Waals surface area contributed by atoms with Gasteiger partial charge in [-0.1, -0.05) is 74.0 Å². The van der Waals surface area contributed by atoms with E-state index in [-0.39, 0.29) is 6.61 Å². The summed E-state index contributed by atoms with van der Waals surface area (Å²) < 4.78 is 5.31. The largest absolute Gasteiger partial charge is 0.445 e. The van der Waals surface area contributed by atoms with Gasteiger partial charge in [0, 0.05) is 6.54 Å². The van der Waals surface area contributed by atoms with Crippen molar-refractivity contribution in [3.05, 3.63) is 71.8 Å². The minimum absolute atomic E-state index is 0.204. The molecule has 5 heteroatoms. The molecule has 0 bridgehead atoms. The number of carbonyl (C=O) groups excluding carboxylic acids is 1. The van der Waals surface area contributed by atoms with Crippen LogP contribution >= 0.6 is 0 Å². The fourth-order valence-electron chi connectivity index (χ4n) is 2.76. The summed E-state index contributed by atoms with van der Waals surface area (Å²) in [7, 11) is 0. The van der Waals surface area contributed by atoms with Crippen molar-refractivity contribution in [2.45, 2.75) is 44.9 Å². The van der Waals surface area contributed by atoms with E-state index in [2.05, 4.69) is 17.6 Å². The molecule has 2 unspecified atom stereocenters. The van der Waals surface area contributed by atoms with Gasteiger partial charge in [0.1, 0.15) is 6.61 Å². The fourth-order valence-corrected chi connectivity index (χ4v) is 2.76. The Hall–Kier alpha value is -2.37. The zero-order valence-electron chi connectivity index (χ0n) is 15.9. The molecule has 0 saturated heterocycles. The summed E-state index contributed by atoms with van der Waals surface area (Å²) in [5.74, 6) is 0. The van der Waals surface area contributed by atoms with Crippen LogP contribution in [0, 0.1) is 0 Å². The van der Waals surface area contributed by atoms with Crippen LogP contribution < -0.4 is 10.6 Å². The molecule has 2 aromatic carbocycles. The average molecular weight is 370 g/mol. The van der Waals surface area contributed by atoms with Crippen molar-refractivity contribution in [3.63, 3.8) is 0 Å². The molecular weight excluding hydrogens is 340 g/mol. The molecule has 2 rings (SSSR count). The summed E-state index contributed by atoms with van der Waals surface area (Å²) in [6, 6.07) is 18.9. The molecule has 2 atom stereocenters. The first-order chi connectivity index (χ1) is 13.2. The third-order valence-electron chi connectivity index (χ3n) is 4.34. The Bertz CT molecular complexity index is 649. The van der Waals surface area contributed by atoms with Crippen LogP contribution in [0.15, 0.2) is 60.7 Å². The van der Waals surface area contributed by atoms with Gasteiger partial charge in [0.25, 0.3) is 0 Å². The van der Waals surface area contributed by atoms with Crippen molar-refractivity contribution in [2.75, 3.05) is 13.1 Å². The van der Waals surface area contributed by atoms with Gasteiger partial charge in [-0.05, 0) is 30.5 Å². The van der Waals surface area contributed by atoms with Gasteiger partial charge in [0.2, 0.25) is 0 Å². The molecule has 0 fully saturated rings. The Morgan fingerprint density at radius 2 is 1.67 bits per heavy atom. The number of nitrogens with one attached hydrogen (secondary N) is 2. The Labute approximate surface area is 161 Å².